The van der Waals surface area contributed by atoms with Crippen LogP contribution < -0.4 is 5.32 Å². The molecule has 23 heavy (non-hydrogen) atoms. The lowest BCUT2D eigenvalue weighted by Gasteiger charge is -2.32. The van der Waals surface area contributed by atoms with Crippen molar-refractivity contribution in [3.8, 4) is 0 Å². The highest BCUT2D eigenvalue weighted by atomic mass is 32.2. The minimum Gasteiger partial charge on any atom is -0.370 e. The molecular formula is C17H27N3O2S. The number of likely N-dealkylation sites (tertiary alicyclic amines) is 1. The van der Waals surface area contributed by atoms with E-state index in [1.807, 2.05) is 34.9 Å². The van der Waals surface area contributed by atoms with E-state index in [9.17, 15) is 4.79 Å². The molecule has 128 valence electrons. The fourth-order valence-corrected chi connectivity index (χ4v) is 3.20. The molecule has 0 bridgehead atoms. The molecule has 1 aromatic rings. The van der Waals surface area contributed by atoms with E-state index in [4.69, 9.17) is 4.74 Å². The number of aromatic nitrogens is 1. The lowest BCUT2D eigenvalue weighted by molar-refractivity contribution is -0.00159. The van der Waals surface area contributed by atoms with Crippen molar-refractivity contribution in [1.29, 1.82) is 0 Å². The molecule has 1 aliphatic heterocycles. The molecule has 2 rings (SSSR count). The zero-order valence-electron chi connectivity index (χ0n) is 14.0. The Morgan fingerprint density at radius 3 is 3.13 bits per heavy atom. The number of urea groups is 1. The largest absolute Gasteiger partial charge is 0.370 e. The van der Waals surface area contributed by atoms with E-state index in [0.29, 0.717) is 18.4 Å². The molecule has 6 heteroatoms. The molecule has 5 nitrogen and oxygen atoms in total. The number of ether oxygens (including phenoxy) is 1. The van der Waals surface area contributed by atoms with Gasteiger partial charge in [0.25, 0.3) is 0 Å². The molecule has 0 unspecified atom stereocenters. The second-order valence-electron chi connectivity index (χ2n) is 5.99. The van der Waals surface area contributed by atoms with Crippen LogP contribution in [0.1, 0.15) is 32.4 Å². The molecule has 0 saturated carbocycles. The van der Waals surface area contributed by atoms with Crippen LogP contribution in [0.5, 0.6) is 0 Å². The van der Waals surface area contributed by atoms with Crippen molar-refractivity contribution in [3.63, 3.8) is 0 Å². The van der Waals surface area contributed by atoms with Gasteiger partial charge in [-0.2, -0.15) is 11.8 Å². The van der Waals surface area contributed by atoms with E-state index in [-0.39, 0.29) is 12.1 Å². The van der Waals surface area contributed by atoms with Crippen molar-refractivity contribution < 1.29 is 9.53 Å². The molecule has 0 spiro atoms. The number of amides is 2. The first-order chi connectivity index (χ1) is 11.1. The number of nitrogens with one attached hydrogen (secondary N) is 1. The SMILES string of the molecule is CC(C)SCCNC(=O)N1CCC[C@H](OCc2ccccn2)C1. The van der Waals surface area contributed by atoms with Gasteiger partial charge in [0.15, 0.2) is 0 Å². The number of hydrogen-bond acceptors (Lipinski definition) is 4. The Bertz CT molecular complexity index is 470. The normalized spacial score (nSPS) is 18.2. The Morgan fingerprint density at radius 1 is 1.52 bits per heavy atom. The van der Waals surface area contributed by atoms with Gasteiger partial charge in [-0.25, -0.2) is 4.79 Å². The standard InChI is InChI=1S/C17H27N3O2S/c1-14(2)23-11-9-19-17(21)20-10-5-7-16(12-20)22-13-15-6-3-4-8-18-15/h3-4,6,8,14,16H,5,7,9-13H2,1-2H3,(H,19,21)/t16-/m0/s1. The first kappa shape index (κ1) is 18.1. The third kappa shape index (κ3) is 6.79. The van der Waals surface area contributed by atoms with Crippen LogP contribution in [0, 0.1) is 0 Å². The molecule has 0 radical (unpaired) electrons. The van der Waals surface area contributed by atoms with E-state index in [1.165, 1.54) is 0 Å². The number of piperidine rings is 1. The van der Waals surface area contributed by atoms with Crippen LogP contribution in [0.2, 0.25) is 0 Å². The summed E-state index contributed by atoms with van der Waals surface area (Å²) < 4.78 is 5.92. The highest BCUT2D eigenvalue weighted by molar-refractivity contribution is 7.99. The molecule has 0 aromatic carbocycles. The van der Waals surface area contributed by atoms with Crippen LogP contribution in [-0.2, 0) is 11.3 Å². The Kier molecular flexibility index (Phi) is 7.68. The third-order valence-electron chi connectivity index (χ3n) is 3.69. The minimum atomic E-state index is 0.0282. The number of pyridine rings is 1. The Hall–Kier alpha value is -1.27. The van der Waals surface area contributed by atoms with Crippen molar-refractivity contribution in [2.24, 2.45) is 0 Å². The second kappa shape index (κ2) is 9.78. The van der Waals surface area contributed by atoms with Crippen molar-refractivity contribution in [2.45, 2.75) is 44.6 Å². The summed E-state index contributed by atoms with van der Waals surface area (Å²) >= 11 is 1.86. The number of carbonyl (C=O) groups is 1. The first-order valence-electron chi connectivity index (χ1n) is 8.31. The van der Waals surface area contributed by atoms with Crippen LogP contribution in [0.3, 0.4) is 0 Å². The van der Waals surface area contributed by atoms with Gasteiger partial charge in [-0.3, -0.25) is 4.98 Å². The fraction of sp³-hybridized carbons (Fsp3) is 0.647. The lowest BCUT2D eigenvalue weighted by atomic mass is 10.1. The van der Waals surface area contributed by atoms with Crippen LogP contribution in [-0.4, -0.2) is 52.7 Å². The van der Waals surface area contributed by atoms with Gasteiger partial charge < -0.3 is 15.0 Å². The van der Waals surface area contributed by atoms with E-state index in [1.54, 1.807) is 6.20 Å². The number of nitrogens with zero attached hydrogens (tertiary/aromatic N) is 2. The van der Waals surface area contributed by atoms with Crippen molar-refractivity contribution in [3.05, 3.63) is 30.1 Å². The van der Waals surface area contributed by atoms with E-state index in [0.717, 1.165) is 37.4 Å². The fourth-order valence-electron chi connectivity index (χ4n) is 2.51. The Labute approximate surface area is 143 Å². The quantitative estimate of drug-likeness (QED) is 0.777. The average Bonchev–Trinajstić information content (AvgIpc) is 2.58. The predicted octanol–water partition coefficient (Wildman–Crippen LogP) is 2.91. The maximum atomic E-state index is 12.2. The van der Waals surface area contributed by atoms with Gasteiger partial charge in [0.05, 0.1) is 18.4 Å². The molecule has 2 amide bonds. The molecule has 1 atom stereocenters. The monoisotopic (exact) mass is 337 g/mol. The molecule has 1 aromatic heterocycles. The van der Waals surface area contributed by atoms with Crippen molar-refractivity contribution in [1.82, 2.24) is 15.2 Å². The van der Waals surface area contributed by atoms with Crippen molar-refractivity contribution in [2.75, 3.05) is 25.4 Å². The number of hydrogen-bond donors (Lipinski definition) is 1. The summed E-state index contributed by atoms with van der Waals surface area (Å²) in [5, 5.41) is 3.60. The summed E-state index contributed by atoms with van der Waals surface area (Å²) in [6.07, 6.45) is 3.86. The highest BCUT2D eigenvalue weighted by Gasteiger charge is 2.24. The van der Waals surface area contributed by atoms with Crippen molar-refractivity contribution >= 4 is 17.8 Å². The summed E-state index contributed by atoms with van der Waals surface area (Å²) in [4.78, 5) is 18.3. The van der Waals surface area contributed by atoms with Gasteiger partial charge in [-0.05, 0) is 30.2 Å². The second-order valence-corrected chi connectivity index (χ2v) is 7.68. The van der Waals surface area contributed by atoms with Gasteiger partial charge >= 0.3 is 6.03 Å². The molecular weight excluding hydrogens is 310 g/mol. The maximum absolute atomic E-state index is 12.2. The smallest absolute Gasteiger partial charge is 0.317 e. The van der Waals surface area contributed by atoms with E-state index < -0.39 is 0 Å². The number of carbonyl (C=O) groups excluding carboxylic acids is 1. The van der Waals surface area contributed by atoms with Gasteiger partial charge in [0.2, 0.25) is 0 Å². The number of rotatable bonds is 7. The van der Waals surface area contributed by atoms with Crippen LogP contribution in [0.15, 0.2) is 24.4 Å². The van der Waals surface area contributed by atoms with Gasteiger partial charge in [-0.15, -0.1) is 0 Å². The van der Waals surface area contributed by atoms with Crippen LogP contribution in [0.4, 0.5) is 4.79 Å². The number of thioether (sulfide) groups is 1. The summed E-state index contributed by atoms with van der Waals surface area (Å²) in [5.41, 5.74) is 0.930. The third-order valence-corrected chi connectivity index (χ3v) is 4.79. The molecule has 1 aliphatic rings. The first-order valence-corrected chi connectivity index (χ1v) is 9.36. The zero-order chi connectivity index (χ0) is 16.5. The molecule has 0 aliphatic carbocycles. The zero-order valence-corrected chi connectivity index (χ0v) is 14.8. The summed E-state index contributed by atoms with van der Waals surface area (Å²) in [7, 11) is 0. The predicted molar refractivity (Wildman–Crippen MR) is 94.6 cm³/mol. The minimum absolute atomic E-state index is 0.0282. The van der Waals surface area contributed by atoms with Crippen LogP contribution in [0.25, 0.3) is 0 Å². The molecule has 1 fully saturated rings. The van der Waals surface area contributed by atoms with Gasteiger partial charge in [-0.1, -0.05) is 19.9 Å². The van der Waals surface area contributed by atoms with Gasteiger partial charge in [0, 0.05) is 31.6 Å². The lowest BCUT2D eigenvalue weighted by Crippen LogP contribution is -2.48. The topological polar surface area (TPSA) is 54.5 Å². The van der Waals surface area contributed by atoms with E-state index in [2.05, 4.69) is 24.1 Å². The molecule has 1 saturated heterocycles. The summed E-state index contributed by atoms with van der Waals surface area (Å²) in [6.45, 7) is 7.04. The van der Waals surface area contributed by atoms with Gasteiger partial charge in [0.1, 0.15) is 0 Å². The Morgan fingerprint density at radius 2 is 2.39 bits per heavy atom. The molecule has 2 heterocycles. The Balaban J connectivity index is 1.69. The highest BCUT2D eigenvalue weighted by Crippen LogP contribution is 2.15. The summed E-state index contributed by atoms with van der Waals surface area (Å²) in [6, 6.07) is 5.84. The van der Waals surface area contributed by atoms with E-state index >= 15 is 0 Å². The average molecular weight is 337 g/mol. The summed E-state index contributed by atoms with van der Waals surface area (Å²) in [5.74, 6) is 0.955. The van der Waals surface area contributed by atoms with Crippen LogP contribution >= 0.6 is 11.8 Å². The molecule has 1 N–H and O–H groups in total. The maximum Gasteiger partial charge on any atom is 0.317 e.